The molecule has 0 spiro atoms. The van der Waals surface area contributed by atoms with Crippen LogP contribution in [-0.2, 0) is 21.3 Å². The van der Waals surface area contributed by atoms with Crippen molar-refractivity contribution in [1.82, 2.24) is 19.8 Å². The minimum Gasteiger partial charge on any atom is -0.377 e. The van der Waals surface area contributed by atoms with Gasteiger partial charge in [0.15, 0.2) is 0 Å². The Morgan fingerprint density at radius 1 is 1.52 bits per heavy atom. The summed E-state index contributed by atoms with van der Waals surface area (Å²) in [5, 5.41) is 7.36. The van der Waals surface area contributed by atoms with Crippen LogP contribution >= 0.6 is 0 Å². The van der Waals surface area contributed by atoms with Crippen LogP contribution in [0, 0.1) is 0 Å². The minimum absolute atomic E-state index is 0.0925. The summed E-state index contributed by atoms with van der Waals surface area (Å²) in [4.78, 5) is 0.200. The molecule has 2 heterocycles. The molecule has 0 saturated carbocycles. The van der Waals surface area contributed by atoms with Gasteiger partial charge in [0.05, 0.1) is 24.9 Å². The molecule has 1 aromatic rings. The molecule has 1 aliphatic rings. The first-order valence-electron chi connectivity index (χ1n) is 7.28. The molecule has 8 heteroatoms. The summed E-state index contributed by atoms with van der Waals surface area (Å²) in [6, 6.07) is 0.232. The molecule has 1 saturated heterocycles. The second-order valence-corrected chi connectivity index (χ2v) is 7.35. The van der Waals surface area contributed by atoms with Crippen LogP contribution in [0.3, 0.4) is 0 Å². The normalized spacial score (nSPS) is 23.0. The molecule has 2 rings (SSSR count). The van der Waals surface area contributed by atoms with E-state index < -0.39 is 10.0 Å². The van der Waals surface area contributed by atoms with Crippen molar-refractivity contribution in [3.8, 4) is 0 Å². The van der Waals surface area contributed by atoms with Gasteiger partial charge in [-0.2, -0.15) is 5.10 Å². The maximum Gasteiger partial charge on any atom is 0.244 e. The van der Waals surface area contributed by atoms with E-state index in [-0.39, 0.29) is 17.0 Å². The lowest BCUT2D eigenvalue weighted by molar-refractivity contribution is 0.117. The van der Waals surface area contributed by atoms with Crippen LogP contribution < -0.4 is 10.0 Å². The third kappa shape index (κ3) is 4.50. The zero-order chi connectivity index (χ0) is 15.5. The number of nitrogens with zero attached hydrogens (tertiary/aromatic N) is 2. The predicted molar refractivity (Wildman–Crippen MR) is 79.5 cm³/mol. The summed E-state index contributed by atoms with van der Waals surface area (Å²) in [5.74, 6) is 0. The van der Waals surface area contributed by atoms with E-state index >= 15 is 0 Å². The number of sulfonamides is 1. The van der Waals surface area contributed by atoms with E-state index in [0.29, 0.717) is 25.6 Å². The van der Waals surface area contributed by atoms with Gasteiger partial charge in [-0.1, -0.05) is 13.8 Å². The highest BCUT2D eigenvalue weighted by atomic mass is 32.2. The molecule has 1 fully saturated rings. The average molecular weight is 316 g/mol. The Hall–Kier alpha value is -0.960. The Morgan fingerprint density at radius 2 is 2.29 bits per heavy atom. The third-order valence-electron chi connectivity index (χ3n) is 3.50. The summed E-state index contributed by atoms with van der Waals surface area (Å²) in [6.45, 7) is 7.98. The van der Waals surface area contributed by atoms with Gasteiger partial charge in [-0.25, -0.2) is 13.1 Å². The lowest BCUT2D eigenvalue weighted by Crippen LogP contribution is -2.39. The number of ether oxygens (including phenoxy) is 1. The van der Waals surface area contributed by atoms with Crippen LogP contribution in [0.15, 0.2) is 17.3 Å². The standard InChI is InChI=1S/C13H24N4O3S/c1-10(2)14-5-6-17-9-12(8-15-17)21(18,19)16-13-4-7-20-11(13)3/h8-11,13-14,16H,4-7H2,1-3H3. The number of hydrogen-bond acceptors (Lipinski definition) is 5. The molecule has 2 unspecified atom stereocenters. The van der Waals surface area contributed by atoms with Crippen molar-refractivity contribution in [1.29, 1.82) is 0 Å². The molecule has 7 nitrogen and oxygen atoms in total. The van der Waals surface area contributed by atoms with Gasteiger partial charge < -0.3 is 10.1 Å². The molecular weight excluding hydrogens is 292 g/mol. The number of aromatic nitrogens is 2. The smallest absolute Gasteiger partial charge is 0.244 e. The van der Waals surface area contributed by atoms with Gasteiger partial charge >= 0.3 is 0 Å². The molecule has 0 radical (unpaired) electrons. The Bertz CT molecular complexity index is 556. The van der Waals surface area contributed by atoms with E-state index in [1.807, 2.05) is 6.92 Å². The fourth-order valence-electron chi connectivity index (χ4n) is 2.23. The van der Waals surface area contributed by atoms with E-state index in [9.17, 15) is 8.42 Å². The Kier molecular flexibility index (Phi) is 5.37. The molecule has 1 aromatic heterocycles. The van der Waals surface area contributed by atoms with Crippen LogP contribution in [0.25, 0.3) is 0 Å². The maximum atomic E-state index is 12.3. The third-order valence-corrected chi connectivity index (χ3v) is 4.94. The van der Waals surface area contributed by atoms with Crippen molar-refractivity contribution in [2.75, 3.05) is 13.2 Å². The van der Waals surface area contributed by atoms with Crippen molar-refractivity contribution >= 4 is 10.0 Å². The number of rotatable bonds is 7. The molecule has 1 aliphatic heterocycles. The highest BCUT2D eigenvalue weighted by Gasteiger charge is 2.29. The van der Waals surface area contributed by atoms with Crippen LogP contribution in [0.1, 0.15) is 27.2 Å². The lowest BCUT2D eigenvalue weighted by Gasteiger charge is -2.15. The molecule has 0 bridgehead atoms. The van der Waals surface area contributed by atoms with Gasteiger partial charge in [-0.15, -0.1) is 0 Å². The first-order chi connectivity index (χ1) is 9.88. The van der Waals surface area contributed by atoms with Crippen molar-refractivity contribution in [2.45, 2.75) is 56.8 Å². The van der Waals surface area contributed by atoms with Gasteiger partial charge in [-0.05, 0) is 13.3 Å². The SMILES string of the molecule is CC(C)NCCn1cc(S(=O)(=O)NC2CCOC2C)cn1. The van der Waals surface area contributed by atoms with Crippen LogP contribution in [0.5, 0.6) is 0 Å². The largest absolute Gasteiger partial charge is 0.377 e. The average Bonchev–Trinajstić information content (AvgIpc) is 2.99. The highest BCUT2D eigenvalue weighted by Crippen LogP contribution is 2.16. The monoisotopic (exact) mass is 316 g/mol. The molecule has 0 aliphatic carbocycles. The fraction of sp³-hybridized carbons (Fsp3) is 0.769. The highest BCUT2D eigenvalue weighted by molar-refractivity contribution is 7.89. The van der Waals surface area contributed by atoms with E-state index in [1.54, 1.807) is 10.9 Å². The molecule has 120 valence electrons. The number of hydrogen-bond donors (Lipinski definition) is 2. The Balaban J connectivity index is 1.95. The summed E-state index contributed by atoms with van der Waals surface area (Å²) >= 11 is 0. The van der Waals surface area contributed by atoms with E-state index in [2.05, 4.69) is 29.0 Å². The van der Waals surface area contributed by atoms with E-state index in [4.69, 9.17) is 4.74 Å². The maximum absolute atomic E-state index is 12.3. The van der Waals surface area contributed by atoms with E-state index in [1.165, 1.54) is 6.20 Å². The van der Waals surface area contributed by atoms with Crippen LogP contribution in [0.4, 0.5) is 0 Å². The van der Waals surface area contributed by atoms with Crippen LogP contribution in [0.2, 0.25) is 0 Å². The van der Waals surface area contributed by atoms with Gasteiger partial charge in [0.2, 0.25) is 10.0 Å². The van der Waals surface area contributed by atoms with Gasteiger partial charge in [0.25, 0.3) is 0 Å². The summed E-state index contributed by atoms with van der Waals surface area (Å²) in [7, 11) is -3.53. The second-order valence-electron chi connectivity index (χ2n) is 5.64. The molecule has 0 amide bonds. The first kappa shape index (κ1) is 16.4. The molecular formula is C13H24N4O3S. The predicted octanol–water partition coefficient (Wildman–Crippen LogP) is 0.337. The quantitative estimate of drug-likeness (QED) is 0.757. The van der Waals surface area contributed by atoms with Gasteiger partial charge in [-0.3, -0.25) is 4.68 Å². The van der Waals surface area contributed by atoms with Crippen molar-refractivity contribution < 1.29 is 13.2 Å². The summed E-state index contributed by atoms with van der Waals surface area (Å²) in [5.41, 5.74) is 0. The minimum atomic E-state index is -3.53. The van der Waals surface area contributed by atoms with Crippen molar-refractivity contribution in [2.24, 2.45) is 0 Å². The Labute approximate surface area is 126 Å². The number of nitrogens with one attached hydrogen (secondary N) is 2. The molecule has 2 atom stereocenters. The molecule has 2 N–H and O–H groups in total. The second kappa shape index (κ2) is 6.87. The molecule has 21 heavy (non-hydrogen) atoms. The summed E-state index contributed by atoms with van der Waals surface area (Å²) < 4.78 is 34.3. The van der Waals surface area contributed by atoms with Gasteiger partial charge in [0, 0.05) is 25.4 Å². The van der Waals surface area contributed by atoms with Gasteiger partial charge in [0.1, 0.15) is 4.90 Å². The lowest BCUT2D eigenvalue weighted by atomic mass is 10.2. The topological polar surface area (TPSA) is 85.2 Å². The van der Waals surface area contributed by atoms with Crippen molar-refractivity contribution in [3.63, 3.8) is 0 Å². The molecule has 0 aromatic carbocycles. The zero-order valence-electron chi connectivity index (χ0n) is 12.7. The Morgan fingerprint density at radius 3 is 2.90 bits per heavy atom. The van der Waals surface area contributed by atoms with Crippen molar-refractivity contribution in [3.05, 3.63) is 12.4 Å². The van der Waals surface area contributed by atoms with E-state index in [0.717, 1.165) is 6.54 Å². The fourth-order valence-corrected chi connectivity index (χ4v) is 3.52. The first-order valence-corrected chi connectivity index (χ1v) is 8.76. The zero-order valence-corrected chi connectivity index (χ0v) is 13.6. The van der Waals surface area contributed by atoms with Crippen LogP contribution in [-0.4, -0.2) is 49.5 Å². The summed E-state index contributed by atoms with van der Waals surface area (Å²) in [6.07, 6.45) is 3.56.